The molecule has 1 aliphatic rings. The lowest BCUT2D eigenvalue weighted by molar-refractivity contribution is 0.0916. The minimum Gasteiger partial charge on any atom is -0.350 e. The van der Waals surface area contributed by atoms with Crippen LogP contribution in [0.3, 0.4) is 0 Å². The topological polar surface area (TPSA) is 69.8 Å². The first-order valence-corrected chi connectivity index (χ1v) is 7.95. The summed E-state index contributed by atoms with van der Waals surface area (Å²) in [4.78, 5) is 12.2. The molecule has 2 heterocycles. The molecule has 0 aromatic carbocycles. The van der Waals surface area contributed by atoms with Crippen LogP contribution < -0.4 is 10.6 Å². The van der Waals surface area contributed by atoms with Crippen molar-refractivity contribution >= 4 is 21.8 Å². The van der Waals surface area contributed by atoms with E-state index < -0.39 is 0 Å². The number of carbonyl (C=O) groups excluding carboxylic acids is 1. The third-order valence-corrected chi connectivity index (χ3v) is 4.81. The Balaban J connectivity index is 1.98. The minimum absolute atomic E-state index is 0.111. The van der Waals surface area contributed by atoms with E-state index in [9.17, 15) is 4.79 Å². The van der Waals surface area contributed by atoms with Crippen molar-refractivity contribution in [3.05, 3.63) is 15.9 Å². The van der Waals surface area contributed by atoms with Gasteiger partial charge in [0, 0.05) is 6.54 Å². The number of carbonyl (C=O) groups is 1. The number of hydrogen-bond donors (Lipinski definition) is 3. The summed E-state index contributed by atoms with van der Waals surface area (Å²) in [5.41, 5.74) is 1.60. The third-order valence-electron chi connectivity index (χ3n) is 4.01. The smallest absolute Gasteiger partial charge is 0.272 e. The van der Waals surface area contributed by atoms with Gasteiger partial charge in [-0.25, -0.2) is 0 Å². The molecule has 0 bridgehead atoms. The van der Waals surface area contributed by atoms with E-state index in [1.165, 1.54) is 0 Å². The molecular weight excluding hydrogens is 320 g/mol. The summed E-state index contributed by atoms with van der Waals surface area (Å²) in [5, 5.41) is 13.4. The maximum atomic E-state index is 12.2. The molecule has 1 aromatic rings. The number of aromatic nitrogens is 2. The second-order valence-corrected chi connectivity index (χ2v) is 6.99. The zero-order chi connectivity index (χ0) is 14.8. The molecule has 0 aliphatic carbocycles. The first kappa shape index (κ1) is 15.5. The lowest BCUT2D eigenvalue weighted by atomic mass is 9.81. The summed E-state index contributed by atoms with van der Waals surface area (Å²) in [6, 6.07) is 0. The summed E-state index contributed by atoms with van der Waals surface area (Å²) in [7, 11) is 0. The lowest BCUT2D eigenvalue weighted by Crippen LogP contribution is -2.43. The molecule has 6 heteroatoms. The number of rotatable bonds is 4. The molecule has 0 radical (unpaired) electrons. The Morgan fingerprint density at radius 2 is 2.10 bits per heavy atom. The molecule has 1 aliphatic heterocycles. The van der Waals surface area contributed by atoms with E-state index in [1.807, 2.05) is 0 Å². The Labute approximate surface area is 128 Å². The largest absolute Gasteiger partial charge is 0.350 e. The van der Waals surface area contributed by atoms with Gasteiger partial charge in [-0.05, 0) is 53.2 Å². The quantitative estimate of drug-likeness (QED) is 0.786. The Kier molecular flexibility index (Phi) is 4.86. The van der Waals surface area contributed by atoms with Gasteiger partial charge in [0.1, 0.15) is 0 Å². The van der Waals surface area contributed by atoms with Gasteiger partial charge in [0.15, 0.2) is 5.69 Å². The van der Waals surface area contributed by atoms with Crippen LogP contribution in [0.5, 0.6) is 0 Å². The van der Waals surface area contributed by atoms with E-state index >= 15 is 0 Å². The molecule has 2 rings (SSSR count). The van der Waals surface area contributed by atoms with Crippen molar-refractivity contribution in [3.63, 3.8) is 0 Å². The van der Waals surface area contributed by atoms with Crippen molar-refractivity contribution in [2.75, 3.05) is 19.6 Å². The van der Waals surface area contributed by atoms with Crippen molar-refractivity contribution in [1.29, 1.82) is 0 Å². The molecule has 3 N–H and O–H groups in total. The van der Waals surface area contributed by atoms with Gasteiger partial charge in [-0.1, -0.05) is 20.8 Å². The van der Waals surface area contributed by atoms with Crippen molar-refractivity contribution in [2.24, 2.45) is 5.41 Å². The number of nitrogens with zero attached hydrogens (tertiary/aromatic N) is 1. The fourth-order valence-corrected chi connectivity index (χ4v) is 3.27. The van der Waals surface area contributed by atoms with E-state index in [4.69, 9.17) is 0 Å². The Morgan fingerprint density at radius 1 is 1.45 bits per heavy atom. The first-order valence-electron chi connectivity index (χ1n) is 7.16. The Hall–Kier alpha value is -0.880. The number of hydrogen-bond acceptors (Lipinski definition) is 3. The summed E-state index contributed by atoms with van der Waals surface area (Å²) >= 11 is 3.47. The van der Waals surface area contributed by atoms with Crippen LogP contribution in [0.25, 0.3) is 0 Å². The zero-order valence-electron chi connectivity index (χ0n) is 12.3. The highest BCUT2D eigenvalue weighted by molar-refractivity contribution is 9.10. The molecule has 0 atom stereocenters. The minimum atomic E-state index is -0.111. The normalized spacial score (nSPS) is 18.2. The number of H-pyrrole nitrogens is 1. The van der Waals surface area contributed by atoms with Crippen LogP contribution in [0, 0.1) is 5.41 Å². The monoisotopic (exact) mass is 342 g/mol. The predicted octanol–water partition coefficient (Wildman–Crippen LogP) is 2.42. The molecule has 0 spiro atoms. The summed E-state index contributed by atoms with van der Waals surface area (Å²) in [6.45, 7) is 9.11. The number of amides is 1. The third kappa shape index (κ3) is 3.41. The maximum Gasteiger partial charge on any atom is 0.272 e. The Morgan fingerprint density at radius 3 is 2.65 bits per heavy atom. The van der Waals surface area contributed by atoms with E-state index in [0.717, 1.165) is 36.1 Å². The fourth-order valence-electron chi connectivity index (χ4n) is 2.46. The summed E-state index contributed by atoms with van der Waals surface area (Å²) < 4.78 is 0.778. The zero-order valence-corrected chi connectivity index (χ0v) is 13.9. The van der Waals surface area contributed by atoms with Crippen LogP contribution in [0.15, 0.2) is 4.47 Å². The van der Waals surface area contributed by atoms with E-state index in [-0.39, 0.29) is 11.3 Å². The van der Waals surface area contributed by atoms with Gasteiger partial charge in [0.05, 0.1) is 10.2 Å². The van der Waals surface area contributed by atoms with Crippen molar-refractivity contribution in [3.8, 4) is 0 Å². The van der Waals surface area contributed by atoms with Crippen molar-refractivity contribution < 1.29 is 4.79 Å². The number of halogens is 1. The van der Waals surface area contributed by atoms with Gasteiger partial charge in [-0.3, -0.25) is 9.89 Å². The van der Waals surface area contributed by atoms with E-state index in [2.05, 4.69) is 57.5 Å². The molecule has 5 nitrogen and oxygen atoms in total. The molecule has 20 heavy (non-hydrogen) atoms. The van der Waals surface area contributed by atoms with Crippen molar-refractivity contribution in [1.82, 2.24) is 20.8 Å². The molecule has 1 saturated heterocycles. The number of nitrogens with one attached hydrogen (secondary N) is 3. The number of aromatic amines is 1. The Bertz CT molecular complexity index is 478. The SMILES string of the molecule is CC(C)c1[nH]nc(C(=O)NCC2(C)CCNCC2)c1Br. The molecule has 0 unspecified atom stereocenters. The second-order valence-electron chi connectivity index (χ2n) is 6.20. The maximum absolute atomic E-state index is 12.2. The van der Waals surface area contributed by atoms with Gasteiger partial charge < -0.3 is 10.6 Å². The first-order chi connectivity index (χ1) is 9.43. The van der Waals surface area contributed by atoms with Crippen LogP contribution in [0.2, 0.25) is 0 Å². The average Bonchev–Trinajstić information content (AvgIpc) is 2.79. The van der Waals surface area contributed by atoms with Gasteiger partial charge in [-0.2, -0.15) is 5.10 Å². The average molecular weight is 343 g/mol. The van der Waals surface area contributed by atoms with Crippen LogP contribution in [0.1, 0.15) is 55.7 Å². The molecular formula is C14H23BrN4O. The van der Waals surface area contributed by atoms with Crippen molar-refractivity contribution in [2.45, 2.75) is 39.5 Å². The highest BCUT2D eigenvalue weighted by Gasteiger charge is 2.28. The lowest BCUT2D eigenvalue weighted by Gasteiger charge is -2.34. The summed E-state index contributed by atoms with van der Waals surface area (Å²) in [6.07, 6.45) is 2.18. The molecule has 1 aromatic heterocycles. The van der Waals surface area contributed by atoms with Gasteiger partial charge >= 0.3 is 0 Å². The highest BCUT2D eigenvalue weighted by atomic mass is 79.9. The number of piperidine rings is 1. The van der Waals surface area contributed by atoms with Gasteiger partial charge in [0.25, 0.3) is 5.91 Å². The van der Waals surface area contributed by atoms with Gasteiger partial charge in [-0.15, -0.1) is 0 Å². The summed E-state index contributed by atoms with van der Waals surface area (Å²) in [5.74, 6) is 0.195. The standard InChI is InChI=1S/C14H23BrN4O/c1-9(2)11-10(15)12(19-18-11)13(20)17-8-14(3)4-6-16-7-5-14/h9,16H,4-8H2,1-3H3,(H,17,20)(H,18,19). The van der Waals surface area contributed by atoms with Crippen LogP contribution in [0.4, 0.5) is 0 Å². The van der Waals surface area contributed by atoms with Gasteiger partial charge in [0.2, 0.25) is 0 Å². The van der Waals surface area contributed by atoms with Crippen LogP contribution in [-0.4, -0.2) is 35.7 Å². The molecule has 112 valence electrons. The predicted molar refractivity (Wildman–Crippen MR) is 82.9 cm³/mol. The highest BCUT2D eigenvalue weighted by Crippen LogP contribution is 2.28. The molecule has 0 saturated carbocycles. The molecule has 1 fully saturated rings. The van der Waals surface area contributed by atoms with Crippen LogP contribution >= 0.6 is 15.9 Å². The fraction of sp³-hybridized carbons (Fsp3) is 0.714. The molecule has 1 amide bonds. The van der Waals surface area contributed by atoms with Crippen LogP contribution in [-0.2, 0) is 0 Å². The van der Waals surface area contributed by atoms with E-state index in [0.29, 0.717) is 18.2 Å². The second kappa shape index (κ2) is 6.26. The van der Waals surface area contributed by atoms with E-state index in [1.54, 1.807) is 0 Å².